The van der Waals surface area contributed by atoms with Gasteiger partial charge in [-0.3, -0.25) is 4.79 Å². The third-order valence-electron chi connectivity index (χ3n) is 3.79. The van der Waals surface area contributed by atoms with E-state index in [4.69, 9.17) is 0 Å². The van der Waals surface area contributed by atoms with Crippen LogP contribution in [0.3, 0.4) is 0 Å². The Bertz CT molecular complexity index is 969. The summed E-state index contributed by atoms with van der Waals surface area (Å²) < 4.78 is 16.6. The number of aromatic nitrogens is 1. The molecule has 5 heteroatoms. The number of fused-ring (bicyclic) bond motifs is 1. The fraction of sp³-hybridized carbons (Fsp3) is 0.222. The minimum absolute atomic E-state index is 0.291. The van der Waals surface area contributed by atoms with E-state index in [2.05, 4.69) is 4.99 Å². The van der Waals surface area contributed by atoms with Gasteiger partial charge in [0.15, 0.2) is 4.80 Å². The number of amides is 1. The van der Waals surface area contributed by atoms with Gasteiger partial charge in [0, 0.05) is 12.1 Å². The number of carbonyl (C=O) groups is 1. The number of aryl methyl sites for hydroxylation is 3. The van der Waals surface area contributed by atoms with Crippen LogP contribution in [0.15, 0.2) is 41.4 Å². The van der Waals surface area contributed by atoms with Crippen LogP contribution in [0.5, 0.6) is 0 Å². The van der Waals surface area contributed by atoms with Crippen LogP contribution < -0.4 is 4.80 Å². The van der Waals surface area contributed by atoms with Gasteiger partial charge in [-0.25, -0.2) is 4.39 Å². The average molecular weight is 328 g/mol. The molecule has 0 saturated carbocycles. The van der Waals surface area contributed by atoms with Crippen molar-refractivity contribution in [3.05, 3.63) is 63.7 Å². The summed E-state index contributed by atoms with van der Waals surface area (Å²) in [5.74, 6) is -0.582. The maximum Gasteiger partial charge on any atom is 0.279 e. The van der Waals surface area contributed by atoms with Gasteiger partial charge in [0.1, 0.15) is 5.82 Å². The molecule has 0 N–H and O–H groups in total. The highest BCUT2D eigenvalue weighted by molar-refractivity contribution is 7.16. The van der Waals surface area contributed by atoms with Gasteiger partial charge < -0.3 is 4.57 Å². The first kappa shape index (κ1) is 15.6. The first-order chi connectivity index (χ1) is 11.0. The monoisotopic (exact) mass is 328 g/mol. The lowest BCUT2D eigenvalue weighted by Crippen LogP contribution is -2.16. The molecule has 0 aliphatic rings. The predicted molar refractivity (Wildman–Crippen MR) is 91.3 cm³/mol. The molecule has 23 heavy (non-hydrogen) atoms. The molecule has 0 aliphatic heterocycles. The number of hydrogen-bond acceptors (Lipinski definition) is 2. The van der Waals surface area contributed by atoms with E-state index in [0.717, 1.165) is 15.8 Å². The van der Waals surface area contributed by atoms with Crippen molar-refractivity contribution in [3.63, 3.8) is 0 Å². The van der Waals surface area contributed by atoms with Gasteiger partial charge in [0.05, 0.1) is 10.2 Å². The zero-order valence-electron chi connectivity index (χ0n) is 13.3. The largest absolute Gasteiger partial charge is 0.314 e. The SMILES string of the molecule is CCn1c(=NC(=O)c2cc(C)ccc2C)sc2cccc(F)c21. The van der Waals surface area contributed by atoms with E-state index in [0.29, 0.717) is 22.4 Å². The van der Waals surface area contributed by atoms with Crippen molar-refractivity contribution in [2.45, 2.75) is 27.3 Å². The van der Waals surface area contributed by atoms with Crippen molar-refractivity contribution in [2.75, 3.05) is 0 Å². The molecule has 0 unspecified atom stereocenters. The number of hydrogen-bond donors (Lipinski definition) is 0. The molecule has 0 saturated heterocycles. The van der Waals surface area contributed by atoms with Gasteiger partial charge in [0.2, 0.25) is 0 Å². The van der Waals surface area contributed by atoms with Crippen LogP contribution in [-0.2, 0) is 6.54 Å². The molecule has 3 aromatic rings. The van der Waals surface area contributed by atoms with Crippen LogP contribution >= 0.6 is 11.3 Å². The Hall–Kier alpha value is -2.27. The second kappa shape index (κ2) is 6.08. The quantitative estimate of drug-likeness (QED) is 0.693. The molecule has 0 bridgehead atoms. The minimum atomic E-state index is -0.291. The summed E-state index contributed by atoms with van der Waals surface area (Å²) in [7, 11) is 0. The Balaban J connectivity index is 2.19. The third-order valence-corrected chi connectivity index (χ3v) is 4.83. The van der Waals surface area contributed by atoms with Gasteiger partial charge in [-0.05, 0) is 44.5 Å². The normalized spacial score (nSPS) is 12.1. The molecule has 0 aliphatic carbocycles. The maximum absolute atomic E-state index is 14.1. The molecule has 0 spiro atoms. The number of benzene rings is 2. The fourth-order valence-electron chi connectivity index (χ4n) is 2.58. The summed E-state index contributed by atoms with van der Waals surface area (Å²) in [5, 5.41) is 0. The molecule has 0 radical (unpaired) electrons. The second-order valence-electron chi connectivity index (χ2n) is 5.45. The van der Waals surface area contributed by atoms with E-state index < -0.39 is 0 Å². The molecular formula is C18H17FN2OS. The zero-order valence-corrected chi connectivity index (χ0v) is 14.1. The number of nitrogens with zero attached hydrogens (tertiary/aromatic N) is 2. The van der Waals surface area contributed by atoms with Crippen molar-refractivity contribution < 1.29 is 9.18 Å². The molecule has 0 atom stereocenters. The lowest BCUT2D eigenvalue weighted by Gasteiger charge is -2.03. The maximum atomic E-state index is 14.1. The van der Waals surface area contributed by atoms with E-state index in [9.17, 15) is 9.18 Å². The van der Waals surface area contributed by atoms with Crippen LogP contribution in [-0.4, -0.2) is 10.5 Å². The van der Waals surface area contributed by atoms with Crippen molar-refractivity contribution in [1.82, 2.24) is 4.57 Å². The van der Waals surface area contributed by atoms with Crippen LogP contribution in [0.1, 0.15) is 28.4 Å². The van der Waals surface area contributed by atoms with Gasteiger partial charge >= 0.3 is 0 Å². The Morgan fingerprint density at radius 3 is 2.78 bits per heavy atom. The van der Waals surface area contributed by atoms with Crippen LogP contribution in [0.2, 0.25) is 0 Å². The van der Waals surface area contributed by atoms with E-state index in [1.165, 1.54) is 17.4 Å². The standard InChI is InChI=1S/C18H17FN2OS/c1-4-21-16-14(19)6-5-7-15(16)23-18(21)20-17(22)13-10-11(2)8-9-12(13)3/h5-10H,4H2,1-3H3. The lowest BCUT2D eigenvalue weighted by molar-refractivity contribution is 0.0997. The number of rotatable bonds is 2. The molecule has 0 fully saturated rings. The molecular weight excluding hydrogens is 311 g/mol. The first-order valence-corrected chi connectivity index (χ1v) is 8.27. The highest BCUT2D eigenvalue weighted by Gasteiger charge is 2.12. The highest BCUT2D eigenvalue weighted by Crippen LogP contribution is 2.20. The summed E-state index contributed by atoms with van der Waals surface area (Å²) >= 11 is 1.33. The molecule has 3 rings (SSSR count). The molecule has 1 aromatic heterocycles. The smallest absolute Gasteiger partial charge is 0.279 e. The number of para-hydroxylation sites is 1. The van der Waals surface area contributed by atoms with Crippen molar-refractivity contribution in [3.8, 4) is 0 Å². The average Bonchev–Trinajstić information content (AvgIpc) is 2.88. The van der Waals surface area contributed by atoms with Gasteiger partial charge in [-0.2, -0.15) is 4.99 Å². The van der Waals surface area contributed by atoms with E-state index >= 15 is 0 Å². The molecule has 1 amide bonds. The first-order valence-electron chi connectivity index (χ1n) is 7.45. The summed E-state index contributed by atoms with van der Waals surface area (Å²) in [5.41, 5.74) is 3.00. The Morgan fingerprint density at radius 2 is 2.04 bits per heavy atom. The second-order valence-corrected chi connectivity index (χ2v) is 6.46. The van der Waals surface area contributed by atoms with Crippen molar-refractivity contribution >= 4 is 27.5 Å². The van der Waals surface area contributed by atoms with Crippen LogP contribution in [0, 0.1) is 19.7 Å². The Kier molecular flexibility index (Phi) is 4.13. The zero-order chi connectivity index (χ0) is 16.6. The summed E-state index contributed by atoms with van der Waals surface area (Å²) in [4.78, 5) is 17.3. The Labute approximate surface area is 137 Å². The number of thiazole rings is 1. The topological polar surface area (TPSA) is 34.4 Å². The number of halogens is 1. The summed E-state index contributed by atoms with van der Waals surface area (Å²) in [6, 6.07) is 10.7. The van der Waals surface area contributed by atoms with Gasteiger partial charge in [0.25, 0.3) is 5.91 Å². The number of carbonyl (C=O) groups excluding carboxylic acids is 1. The van der Waals surface area contributed by atoms with E-state index in [-0.39, 0.29) is 11.7 Å². The molecule has 3 nitrogen and oxygen atoms in total. The van der Waals surface area contributed by atoms with Crippen molar-refractivity contribution in [2.24, 2.45) is 4.99 Å². The fourth-order valence-corrected chi connectivity index (χ4v) is 3.69. The highest BCUT2D eigenvalue weighted by atomic mass is 32.1. The summed E-state index contributed by atoms with van der Waals surface area (Å²) in [6.07, 6.45) is 0. The van der Waals surface area contributed by atoms with Crippen LogP contribution in [0.4, 0.5) is 4.39 Å². The van der Waals surface area contributed by atoms with Crippen molar-refractivity contribution in [1.29, 1.82) is 0 Å². The van der Waals surface area contributed by atoms with E-state index in [1.54, 1.807) is 10.6 Å². The summed E-state index contributed by atoms with van der Waals surface area (Å²) in [6.45, 7) is 6.30. The third kappa shape index (κ3) is 2.84. The van der Waals surface area contributed by atoms with Gasteiger partial charge in [-0.1, -0.05) is 35.1 Å². The molecule has 118 valence electrons. The predicted octanol–water partition coefficient (Wildman–Crippen LogP) is 4.22. The lowest BCUT2D eigenvalue weighted by atomic mass is 10.1. The van der Waals surface area contributed by atoms with E-state index in [1.807, 2.05) is 45.0 Å². The molecule has 2 aromatic carbocycles. The van der Waals surface area contributed by atoms with Crippen LogP contribution in [0.25, 0.3) is 10.2 Å². The molecule has 1 heterocycles. The van der Waals surface area contributed by atoms with Gasteiger partial charge in [-0.15, -0.1) is 0 Å². The Morgan fingerprint density at radius 1 is 1.26 bits per heavy atom. The minimum Gasteiger partial charge on any atom is -0.314 e.